The molecule has 0 aliphatic carbocycles. The zero-order chi connectivity index (χ0) is 16.2. The van der Waals surface area contributed by atoms with Gasteiger partial charge in [-0.15, -0.1) is 0 Å². The average molecular weight is 343 g/mol. The number of oxime groups is 1. The molecule has 5 atom stereocenters. The molecule has 9 nitrogen and oxygen atoms in total. The summed E-state index contributed by atoms with van der Waals surface area (Å²) in [6, 6.07) is 0. The van der Waals surface area contributed by atoms with Crippen molar-refractivity contribution < 1.29 is 37.3 Å². The molecule has 0 spiro atoms. The van der Waals surface area contributed by atoms with Crippen LogP contribution in [-0.2, 0) is 19.4 Å². The predicted octanol–water partition coefficient (Wildman–Crippen LogP) is -0.744. The summed E-state index contributed by atoms with van der Waals surface area (Å²) in [6.07, 6.45) is -1.94. The first kappa shape index (κ1) is 18.4. The van der Waals surface area contributed by atoms with Crippen molar-refractivity contribution in [1.82, 2.24) is 0 Å². The fourth-order valence-electron chi connectivity index (χ4n) is 1.55. The SMILES string of the molecule is C/C=C/C(=NOS(=O)(=O)O)S[C@@H]1OC(C)[C@@H](O)[C@H](O)C1O. The minimum atomic E-state index is -4.75. The van der Waals surface area contributed by atoms with Crippen LogP contribution >= 0.6 is 11.8 Å². The summed E-state index contributed by atoms with van der Waals surface area (Å²) in [5.74, 6) is 0. The molecule has 1 rings (SSSR count). The van der Waals surface area contributed by atoms with E-state index in [1.54, 1.807) is 6.92 Å². The van der Waals surface area contributed by atoms with Crippen LogP contribution < -0.4 is 0 Å². The Bertz CT molecular complexity index is 505. The van der Waals surface area contributed by atoms with E-state index in [-0.39, 0.29) is 5.04 Å². The number of nitrogens with zero attached hydrogens (tertiary/aromatic N) is 1. The van der Waals surface area contributed by atoms with Crippen molar-refractivity contribution in [3.63, 3.8) is 0 Å². The highest BCUT2D eigenvalue weighted by atomic mass is 32.3. The number of ether oxygens (including phenoxy) is 1. The lowest BCUT2D eigenvalue weighted by molar-refractivity contribution is -0.192. The molecule has 1 aliphatic heterocycles. The van der Waals surface area contributed by atoms with Gasteiger partial charge in [0.15, 0.2) is 0 Å². The molecule has 2 unspecified atom stereocenters. The van der Waals surface area contributed by atoms with Crippen LogP contribution in [0.25, 0.3) is 0 Å². The normalized spacial score (nSPS) is 35.1. The standard InChI is InChI=1S/C10H17NO8S2/c1-3-4-6(11-19-21(15,16)17)20-10-9(14)8(13)7(12)5(2)18-10/h3-5,7-10,12-14H,1-2H3,(H,15,16,17)/b4-3+,11-6?/t5?,7-,8+,9?,10+/m1/s1. The number of hydrogen-bond acceptors (Lipinski definition) is 9. The van der Waals surface area contributed by atoms with Gasteiger partial charge in [0.05, 0.1) is 6.10 Å². The largest absolute Gasteiger partial charge is 0.466 e. The van der Waals surface area contributed by atoms with E-state index in [1.165, 1.54) is 19.1 Å². The van der Waals surface area contributed by atoms with Crippen LogP contribution in [0.3, 0.4) is 0 Å². The molecule has 11 heteroatoms. The highest BCUT2D eigenvalue weighted by Crippen LogP contribution is 2.29. The Morgan fingerprint density at radius 3 is 2.43 bits per heavy atom. The topological polar surface area (TPSA) is 146 Å². The minimum absolute atomic E-state index is 0.0186. The lowest BCUT2D eigenvalue weighted by Gasteiger charge is -2.38. The fraction of sp³-hybridized carbons (Fsp3) is 0.700. The van der Waals surface area contributed by atoms with E-state index in [4.69, 9.17) is 9.29 Å². The van der Waals surface area contributed by atoms with Crippen molar-refractivity contribution in [1.29, 1.82) is 0 Å². The molecule has 0 saturated carbocycles. The summed E-state index contributed by atoms with van der Waals surface area (Å²) in [7, 11) is -4.75. The Balaban J connectivity index is 2.84. The molecule has 0 bridgehead atoms. The van der Waals surface area contributed by atoms with Gasteiger partial charge in [-0.25, -0.2) is 4.28 Å². The molecule has 1 saturated heterocycles. The summed E-state index contributed by atoms with van der Waals surface area (Å²) in [4.78, 5) is 0. The lowest BCUT2D eigenvalue weighted by atomic mass is 10.0. The van der Waals surface area contributed by atoms with Gasteiger partial charge >= 0.3 is 10.4 Å². The van der Waals surface area contributed by atoms with Gasteiger partial charge in [-0.05, 0) is 19.9 Å². The van der Waals surface area contributed by atoms with E-state index < -0.39 is 40.3 Å². The van der Waals surface area contributed by atoms with Crippen LogP contribution in [-0.4, -0.2) is 63.2 Å². The molecule has 1 aliphatic rings. The second-order valence-electron chi connectivity index (χ2n) is 4.23. The molecule has 4 N–H and O–H groups in total. The highest BCUT2D eigenvalue weighted by Gasteiger charge is 2.42. The number of allylic oxidation sites excluding steroid dienone is 1. The van der Waals surface area contributed by atoms with Crippen molar-refractivity contribution in [2.24, 2.45) is 5.16 Å². The van der Waals surface area contributed by atoms with Crippen LogP contribution in [0.4, 0.5) is 0 Å². The number of thioether (sulfide) groups is 1. The van der Waals surface area contributed by atoms with Crippen LogP contribution in [0.15, 0.2) is 17.3 Å². The van der Waals surface area contributed by atoms with Gasteiger partial charge in [0.1, 0.15) is 28.8 Å². The molecule has 1 fully saturated rings. The van der Waals surface area contributed by atoms with Crippen molar-refractivity contribution in [3.05, 3.63) is 12.2 Å². The molecule has 0 aromatic rings. The zero-order valence-electron chi connectivity index (χ0n) is 11.2. The fourth-order valence-corrected chi connectivity index (χ4v) is 2.83. The van der Waals surface area contributed by atoms with Crippen LogP contribution in [0, 0.1) is 0 Å². The van der Waals surface area contributed by atoms with Gasteiger partial charge < -0.3 is 20.1 Å². The Hall–Kier alpha value is -0.690. The molecule has 0 aromatic carbocycles. The maximum atomic E-state index is 10.5. The predicted molar refractivity (Wildman–Crippen MR) is 74.8 cm³/mol. The van der Waals surface area contributed by atoms with E-state index in [9.17, 15) is 23.7 Å². The third-order valence-electron chi connectivity index (χ3n) is 2.58. The minimum Gasteiger partial charge on any atom is -0.388 e. The van der Waals surface area contributed by atoms with Gasteiger partial charge in [0.2, 0.25) is 0 Å². The summed E-state index contributed by atoms with van der Waals surface area (Å²) >= 11 is 0.768. The van der Waals surface area contributed by atoms with Crippen molar-refractivity contribution in [3.8, 4) is 0 Å². The Morgan fingerprint density at radius 1 is 1.29 bits per heavy atom. The van der Waals surface area contributed by atoms with Gasteiger partial charge in [-0.2, -0.15) is 8.42 Å². The van der Waals surface area contributed by atoms with Gasteiger partial charge in [0, 0.05) is 0 Å². The second kappa shape index (κ2) is 7.54. The zero-order valence-corrected chi connectivity index (χ0v) is 12.9. The third-order valence-corrected chi connectivity index (χ3v) is 3.91. The maximum absolute atomic E-state index is 10.5. The summed E-state index contributed by atoms with van der Waals surface area (Å²) in [6.45, 7) is 3.14. The quantitative estimate of drug-likeness (QED) is 0.224. The van der Waals surface area contributed by atoms with Crippen LogP contribution in [0.2, 0.25) is 0 Å². The van der Waals surface area contributed by atoms with E-state index in [0.29, 0.717) is 0 Å². The third kappa shape index (κ3) is 5.54. The van der Waals surface area contributed by atoms with Crippen molar-refractivity contribution >= 4 is 27.2 Å². The van der Waals surface area contributed by atoms with Crippen LogP contribution in [0.5, 0.6) is 0 Å². The van der Waals surface area contributed by atoms with Gasteiger partial charge in [-0.3, -0.25) is 4.55 Å². The van der Waals surface area contributed by atoms with E-state index >= 15 is 0 Å². The van der Waals surface area contributed by atoms with E-state index in [1.807, 2.05) is 0 Å². The second-order valence-corrected chi connectivity index (χ2v) is 6.35. The van der Waals surface area contributed by atoms with E-state index in [2.05, 4.69) is 9.44 Å². The Morgan fingerprint density at radius 2 is 1.90 bits per heavy atom. The Labute approximate surface area is 126 Å². The summed E-state index contributed by atoms with van der Waals surface area (Å²) < 4.78 is 38.6. The number of aliphatic hydroxyl groups excluding tert-OH is 3. The highest BCUT2D eigenvalue weighted by molar-refractivity contribution is 8.14. The van der Waals surface area contributed by atoms with Crippen LogP contribution in [0.1, 0.15) is 13.8 Å². The van der Waals surface area contributed by atoms with Gasteiger partial charge in [0.25, 0.3) is 0 Å². The molecule has 21 heavy (non-hydrogen) atoms. The summed E-state index contributed by atoms with van der Waals surface area (Å²) in [5, 5.41) is 32.2. The maximum Gasteiger partial charge on any atom is 0.466 e. The molecule has 1 heterocycles. The molecular formula is C10H17NO8S2. The first-order valence-electron chi connectivity index (χ1n) is 5.88. The first-order valence-corrected chi connectivity index (χ1v) is 8.13. The molecule has 0 radical (unpaired) electrons. The number of rotatable bonds is 4. The smallest absolute Gasteiger partial charge is 0.388 e. The van der Waals surface area contributed by atoms with Gasteiger partial charge in [-0.1, -0.05) is 23.0 Å². The first-order chi connectivity index (χ1) is 9.65. The van der Waals surface area contributed by atoms with Crippen molar-refractivity contribution in [2.45, 2.75) is 43.7 Å². The molecule has 0 aromatic heterocycles. The number of hydrogen-bond donors (Lipinski definition) is 4. The number of aliphatic hydroxyl groups is 3. The van der Waals surface area contributed by atoms with E-state index in [0.717, 1.165) is 11.8 Å². The average Bonchev–Trinajstić information content (AvgIpc) is 2.39. The monoisotopic (exact) mass is 343 g/mol. The lowest BCUT2D eigenvalue weighted by Crippen LogP contribution is -2.55. The van der Waals surface area contributed by atoms with Crippen molar-refractivity contribution in [2.75, 3.05) is 0 Å². The molecule has 0 amide bonds. The summed E-state index contributed by atoms with van der Waals surface area (Å²) in [5.41, 5.74) is -1.00. The molecular weight excluding hydrogens is 326 g/mol. The molecule has 122 valence electrons. The Kier molecular flexibility index (Phi) is 6.59.